The van der Waals surface area contributed by atoms with Crippen LogP contribution in [0.15, 0.2) is 18.2 Å². The highest BCUT2D eigenvalue weighted by Gasteiger charge is 2.30. The molecule has 2 atom stereocenters. The second-order valence-corrected chi connectivity index (χ2v) is 5.49. The third-order valence-electron chi connectivity index (χ3n) is 3.67. The van der Waals surface area contributed by atoms with Gasteiger partial charge in [-0.25, -0.2) is 0 Å². The molecule has 1 fully saturated rings. The maximum atomic E-state index is 12.1. The maximum absolute atomic E-state index is 12.1. The fraction of sp³-hybridized carbons (Fsp3) is 0.429. The summed E-state index contributed by atoms with van der Waals surface area (Å²) in [6, 6.07) is 4.92. The van der Waals surface area contributed by atoms with Gasteiger partial charge in [0, 0.05) is 17.5 Å². The molecule has 0 aromatic heterocycles. The number of amides is 1. The van der Waals surface area contributed by atoms with Crippen LogP contribution in [-0.4, -0.2) is 22.0 Å². The fourth-order valence-corrected chi connectivity index (χ4v) is 2.76. The molecule has 1 amide bonds. The monoisotopic (exact) mass is 278 g/mol. The third kappa shape index (κ3) is 3.04. The first kappa shape index (κ1) is 13.8. The molecule has 1 aliphatic rings. The Balaban J connectivity index is 2.08. The van der Waals surface area contributed by atoms with E-state index in [1.54, 1.807) is 19.1 Å². The second kappa shape index (κ2) is 5.57. The SMILES string of the molecule is Cc1ccc(C(=O)NC2CCCC2C(N)=S)cc1O. The summed E-state index contributed by atoms with van der Waals surface area (Å²) in [6.45, 7) is 1.79. The normalized spacial score (nSPS) is 22.2. The first-order chi connectivity index (χ1) is 8.99. The lowest BCUT2D eigenvalue weighted by molar-refractivity contribution is 0.0933. The first-order valence-corrected chi connectivity index (χ1v) is 6.79. The summed E-state index contributed by atoms with van der Waals surface area (Å²) in [5, 5.41) is 12.6. The van der Waals surface area contributed by atoms with E-state index in [1.807, 2.05) is 0 Å². The number of carbonyl (C=O) groups excluding carboxylic acids is 1. The Kier molecular flexibility index (Phi) is 4.04. The molecule has 102 valence electrons. The van der Waals surface area contributed by atoms with Gasteiger partial charge in [-0.15, -0.1) is 0 Å². The van der Waals surface area contributed by atoms with E-state index in [9.17, 15) is 9.90 Å². The van der Waals surface area contributed by atoms with Gasteiger partial charge in [-0.05, 0) is 37.5 Å². The van der Waals surface area contributed by atoms with Crippen molar-refractivity contribution in [2.24, 2.45) is 11.7 Å². The Morgan fingerprint density at radius 2 is 2.21 bits per heavy atom. The van der Waals surface area contributed by atoms with Crippen LogP contribution in [0.2, 0.25) is 0 Å². The number of thiocarbonyl (C=S) groups is 1. The molecular weight excluding hydrogens is 260 g/mol. The van der Waals surface area contributed by atoms with Crippen LogP contribution in [-0.2, 0) is 0 Å². The van der Waals surface area contributed by atoms with Crippen LogP contribution < -0.4 is 11.1 Å². The van der Waals surface area contributed by atoms with Gasteiger partial charge < -0.3 is 16.2 Å². The number of aromatic hydroxyl groups is 1. The zero-order valence-electron chi connectivity index (χ0n) is 10.8. The average Bonchev–Trinajstić information content (AvgIpc) is 2.80. The molecule has 2 unspecified atom stereocenters. The summed E-state index contributed by atoms with van der Waals surface area (Å²) in [6.07, 6.45) is 2.84. The van der Waals surface area contributed by atoms with Crippen molar-refractivity contribution in [3.63, 3.8) is 0 Å². The van der Waals surface area contributed by atoms with Crippen LogP contribution >= 0.6 is 12.2 Å². The van der Waals surface area contributed by atoms with E-state index in [0.717, 1.165) is 24.8 Å². The van der Waals surface area contributed by atoms with Crippen molar-refractivity contribution in [1.29, 1.82) is 0 Å². The zero-order valence-corrected chi connectivity index (χ0v) is 11.7. The van der Waals surface area contributed by atoms with E-state index < -0.39 is 0 Å². The van der Waals surface area contributed by atoms with E-state index in [0.29, 0.717) is 10.6 Å². The molecule has 1 aromatic rings. The summed E-state index contributed by atoms with van der Waals surface area (Å²) in [5.74, 6) is 0.0198. The number of phenols is 1. The molecule has 2 rings (SSSR count). The van der Waals surface area contributed by atoms with Crippen molar-refractivity contribution in [2.45, 2.75) is 32.2 Å². The molecule has 1 saturated carbocycles. The van der Waals surface area contributed by atoms with Crippen molar-refractivity contribution in [3.05, 3.63) is 29.3 Å². The minimum absolute atomic E-state index is 0.00782. The van der Waals surface area contributed by atoms with Gasteiger partial charge in [-0.2, -0.15) is 0 Å². The van der Waals surface area contributed by atoms with Gasteiger partial charge in [0.25, 0.3) is 5.91 Å². The van der Waals surface area contributed by atoms with Crippen LogP contribution in [0.5, 0.6) is 5.75 Å². The van der Waals surface area contributed by atoms with Crippen LogP contribution in [0.25, 0.3) is 0 Å². The molecule has 0 bridgehead atoms. The highest BCUT2D eigenvalue weighted by Crippen LogP contribution is 2.26. The number of hydrogen-bond acceptors (Lipinski definition) is 3. The summed E-state index contributed by atoms with van der Waals surface area (Å²) in [4.78, 5) is 12.6. The van der Waals surface area contributed by atoms with E-state index in [4.69, 9.17) is 18.0 Å². The molecule has 0 saturated heterocycles. The number of carbonyl (C=O) groups is 1. The number of benzene rings is 1. The Labute approximate surface area is 118 Å². The van der Waals surface area contributed by atoms with E-state index >= 15 is 0 Å². The van der Waals surface area contributed by atoms with Crippen molar-refractivity contribution >= 4 is 23.1 Å². The van der Waals surface area contributed by atoms with Gasteiger partial charge in [-0.3, -0.25) is 4.79 Å². The van der Waals surface area contributed by atoms with Crippen molar-refractivity contribution in [2.75, 3.05) is 0 Å². The minimum Gasteiger partial charge on any atom is -0.508 e. The van der Waals surface area contributed by atoms with E-state index in [-0.39, 0.29) is 23.6 Å². The topological polar surface area (TPSA) is 75.4 Å². The van der Waals surface area contributed by atoms with Crippen LogP contribution in [0.3, 0.4) is 0 Å². The summed E-state index contributed by atoms with van der Waals surface area (Å²) >= 11 is 5.03. The fourth-order valence-electron chi connectivity index (χ4n) is 2.48. The van der Waals surface area contributed by atoms with Crippen molar-refractivity contribution in [1.82, 2.24) is 5.32 Å². The average molecular weight is 278 g/mol. The number of nitrogens with two attached hydrogens (primary N) is 1. The molecule has 0 radical (unpaired) electrons. The van der Waals surface area contributed by atoms with E-state index in [1.165, 1.54) is 6.07 Å². The molecule has 1 aromatic carbocycles. The number of phenolic OH excluding ortho intramolecular Hbond substituents is 1. The van der Waals surface area contributed by atoms with Crippen LogP contribution in [0, 0.1) is 12.8 Å². The molecular formula is C14H18N2O2S. The van der Waals surface area contributed by atoms with Gasteiger partial charge in [-0.1, -0.05) is 24.7 Å². The lowest BCUT2D eigenvalue weighted by atomic mass is 10.0. The van der Waals surface area contributed by atoms with Gasteiger partial charge >= 0.3 is 0 Å². The number of aryl methyl sites for hydroxylation is 1. The van der Waals surface area contributed by atoms with Gasteiger partial charge in [0.1, 0.15) is 5.75 Å². The third-order valence-corrected chi connectivity index (χ3v) is 3.97. The molecule has 5 heteroatoms. The standard InChI is InChI=1S/C14H18N2O2S/c1-8-5-6-9(7-12(8)17)14(18)16-11-4-2-3-10(11)13(15)19/h5-7,10-11,17H,2-4H2,1H3,(H2,15,19)(H,16,18). The number of rotatable bonds is 3. The molecule has 0 aliphatic heterocycles. The quantitative estimate of drug-likeness (QED) is 0.738. The predicted molar refractivity (Wildman–Crippen MR) is 78.2 cm³/mol. The largest absolute Gasteiger partial charge is 0.508 e. The molecule has 4 nitrogen and oxygen atoms in total. The lowest BCUT2D eigenvalue weighted by Gasteiger charge is -2.20. The molecule has 19 heavy (non-hydrogen) atoms. The molecule has 1 aliphatic carbocycles. The van der Waals surface area contributed by atoms with Gasteiger partial charge in [0.15, 0.2) is 0 Å². The van der Waals surface area contributed by atoms with Crippen LogP contribution in [0.4, 0.5) is 0 Å². The number of hydrogen-bond donors (Lipinski definition) is 3. The zero-order chi connectivity index (χ0) is 14.0. The maximum Gasteiger partial charge on any atom is 0.251 e. The Hall–Kier alpha value is -1.62. The second-order valence-electron chi connectivity index (χ2n) is 5.02. The Morgan fingerprint density at radius 3 is 2.84 bits per heavy atom. The molecule has 0 heterocycles. The first-order valence-electron chi connectivity index (χ1n) is 6.39. The van der Waals surface area contributed by atoms with Crippen molar-refractivity contribution < 1.29 is 9.90 Å². The highest BCUT2D eigenvalue weighted by molar-refractivity contribution is 7.80. The lowest BCUT2D eigenvalue weighted by Crippen LogP contribution is -2.41. The highest BCUT2D eigenvalue weighted by atomic mass is 32.1. The van der Waals surface area contributed by atoms with Crippen molar-refractivity contribution in [3.8, 4) is 5.75 Å². The smallest absolute Gasteiger partial charge is 0.251 e. The summed E-state index contributed by atoms with van der Waals surface area (Å²) in [7, 11) is 0. The molecule has 0 spiro atoms. The molecule has 4 N–H and O–H groups in total. The van der Waals surface area contributed by atoms with Crippen LogP contribution in [0.1, 0.15) is 35.2 Å². The Morgan fingerprint density at radius 1 is 1.47 bits per heavy atom. The summed E-state index contributed by atoms with van der Waals surface area (Å²) < 4.78 is 0. The van der Waals surface area contributed by atoms with Gasteiger partial charge in [0.2, 0.25) is 0 Å². The predicted octanol–water partition coefficient (Wildman–Crippen LogP) is 1.89. The van der Waals surface area contributed by atoms with Gasteiger partial charge in [0.05, 0.1) is 4.99 Å². The number of nitrogens with one attached hydrogen (secondary N) is 1. The Bertz CT molecular complexity index is 516. The summed E-state index contributed by atoms with van der Waals surface area (Å²) in [5.41, 5.74) is 6.89. The minimum atomic E-state index is -0.191. The van der Waals surface area contributed by atoms with E-state index in [2.05, 4.69) is 5.32 Å².